The summed E-state index contributed by atoms with van der Waals surface area (Å²) in [6.07, 6.45) is 0. The lowest BCUT2D eigenvalue weighted by molar-refractivity contribution is 0.397. The molecule has 5 nitrogen and oxygen atoms in total. The molecule has 1 N–H and O–H groups in total. The molecule has 0 amide bonds. The van der Waals surface area contributed by atoms with E-state index in [1.807, 2.05) is 19.9 Å². The maximum Gasteiger partial charge on any atom is 0.244 e. The molecule has 0 aliphatic rings. The summed E-state index contributed by atoms with van der Waals surface area (Å²) in [6.45, 7) is 5.64. The number of thiophene rings is 1. The van der Waals surface area contributed by atoms with Crippen LogP contribution < -0.4 is 5.32 Å². The number of nitrogens with zero attached hydrogens (tertiary/aromatic N) is 1. The zero-order valence-corrected chi connectivity index (χ0v) is 14.1. The molecule has 0 aromatic carbocycles. The van der Waals surface area contributed by atoms with E-state index in [9.17, 15) is 8.42 Å². The summed E-state index contributed by atoms with van der Waals surface area (Å²) in [6, 6.07) is 5.35. The first-order valence-corrected chi connectivity index (χ1v) is 9.05. The lowest BCUT2D eigenvalue weighted by Crippen LogP contribution is -2.26. The van der Waals surface area contributed by atoms with E-state index in [1.54, 1.807) is 24.6 Å². The van der Waals surface area contributed by atoms with Crippen molar-refractivity contribution in [3.05, 3.63) is 40.0 Å². The van der Waals surface area contributed by atoms with Crippen molar-refractivity contribution in [2.24, 2.45) is 0 Å². The molecular weight excluding hydrogens is 308 g/mol. The molecule has 0 unspecified atom stereocenters. The third-order valence-electron chi connectivity index (χ3n) is 3.06. The fourth-order valence-electron chi connectivity index (χ4n) is 1.89. The highest BCUT2D eigenvalue weighted by Crippen LogP contribution is 2.23. The summed E-state index contributed by atoms with van der Waals surface area (Å²) in [7, 11) is -1.91. The second kappa shape index (κ2) is 6.74. The fourth-order valence-corrected chi connectivity index (χ4v) is 4.26. The van der Waals surface area contributed by atoms with Crippen molar-refractivity contribution in [3.8, 4) is 0 Å². The topological polar surface area (TPSA) is 62.6 Å². The first kappa shape index (κ1) is 16.2. The summed E-state index contributed by atoms with van der Waals surface area (Å²) in [5.41, 5.74) is 0. The van der Waals surface area contributed by atoms with Crippen molar-refractivity contribution < 1.29 is 12.8 Å². The summed E-state index contributed by atoms with van der Waals surface area (Å²) in [5.74, 6) is 1.42. The number of aryl methyl sites for hydroxylation is 1. The van der Waals surface area contributed by atoms with Crippen molar-refractivity contribution in [1.82, 2.24) is 9.62 Å². The molecule has 0 aliphatic heterocycles. The third-order valence-corrected chi connectivity index (χ3v) is 5.93. The Bertz CT molecular complexity index is 689. The first-order chi connectivity index (χ1) is 9.93. The number of nitrogens with one attached hydrogen (secondary N) is 1. The largest absolute Gasteiger partial charge is 0.465 e. The van der Waals surface area contributed by atoms with Gasteiger partial charge < -0.3 is 9.73 Å². The normalized spacial score (nSPS) is 12.2. The monoisotopic (exact) mass is 328 g/mol. The van der Waals surface area contributed by atoms with Gasteiger partial charge in [-0.25, -0.2) is 8.42 Å². The van der Waals surface area contributed by atoms with Gasteiger partial charge >= 0.3 is 0 Å². The van der Waals surface area contributed by atoms with Gasteiger partial charge in [0.2, 0.25) is 10.0 Å². The highest BCUT2D eigenvalue weighted by molar-refractivity contribution is 7.89. The minimum absolute atomic E-state index is 0.231. The van der Waals surface area contributed by atoms with Crippen molar-refractivity contribution >= 4 is 21.4 Å². The van der Waals surface area contributed by atoms with Crippen molar-refractivity contribution in [3.63, 3.8) is 0 Å². The van der Waals surface area contributed by atoms with E-state index in [0.29, 0.717) is 17.2 Å². The molecule has 0 aliphatic carbocycles. The lowest BCUT2D eigenvalue weighted by Gasteiger charge is -2.14. The van der Waals surface area contributed by atoms with Crippen LogP contribution in [0.2, 0.25) is 0 Å². The average molecular weight is 328 g/mol. The smallest absolute Gasteiger partial charge is 0.244 e. The SMILES string of the molecule is CCNCc1cc(S(=O)(=O)N(C)Cc2ccc(C)o2)cs1. The van der Waals surface area contributed by atoms with Crippen molar-refractivity contribution in [1.29, 1.82) is 0 Å². The standard InChI is InChI=1S/C14H20N2O3S2/c1-4-15-8-13-7-14(10-20-13)21(17,18)16(3)9-12-6-5-11(2)19-12/h5-7,10,15H,4,8-9H2,1-3H3. The highest BCUT2D eigenvalue weighted by Gasteiger charge is 2.23. The number of hydrogen-bond donors (Lipinski definition) is 1. The van der Waals surface area contributed by atoms with Gasteiger partial charge in [0.15, 0.2) is 0 Å². The number of rotatable bonds is 7. The van der Waals surface area contributed by atoms with E-state index in [1.165, 1.54) is 15.6 Å². The molecule has 21 heavy (non-hydrogen) atoms. The van der Waals surface area contributed by atoms with Crippen LogP contribution in [0.25, 0.3) is 0 Å². The minimum Gasteiger partial charge on any atom is -0.465 e. The van der Waals surface area contributed by atoms with Gasteiger partial charge in [-0.15, -0.1) is 11.3 Å². The number of sulfonamides is 1. The van der Waals surface area contributed by atoms with Crippen LogP contribution in [-0.2, 0) is 23.1 Å². The van der Waals surface area contributed by atoms with E-state index in [-0.39, 0.29) is 6.54 Å². The molecule has 0 fully saturated rings. The maximum absolute atomic E-state index is 12.5. The van der Waals surface area contributed by atoms with Gasteiger partial charge in [0.05, 0.1) is 11.4 Å². The fraction of sp³-hybridized carbons (Fsp3) is 0.429. The second-order valence-corrected chi connectivity index (χ2v) is 7.84. The van der Waals surface area contributed by atoms with Crippen LogP contribution in [0.3, 0.4) is 0 Å². The van der Waals surface area contributed by atoms with Gasteiger partial charge in [0.1, 0.15) is 11.5 Å². The molecule has 0 saturated carbocycles. The number of hydrogen-bond acceptors (Lipinski definition) is 5. The van der Waals surface area contributed by atoms with Crippen molar-refractivity contribution in [2.45, 2.75) is 31.8 Å². The molecule has 2 rings (SSSR count). The molecule has 0 saturated heterocycles. The number of furan rings is 1. The Morgan fingerprint density at radius 2 is 2.14 bits per heavy atom. The quantitative estimate of drug-likeness (QED) is 0.848. The molecule has 0 atom stereocenters. The molecule has 116 valence electrons. The van der Waals surface area contributed by atoms with Gasteiger partial charge in [-0.05, 0) is 31.7 Å². The van der Waals surface area contributed by atoms with E-state index in [2.05, 4.69) is 5.32 Å². The van der Waals surface area contributed by atoms with Crippen LogP contribution in [0.1, 0.15) is 23.3 Å². The van der Waals surface area contributed by atoms with Crippen LogP contribution in [0.4, 0.5) is 0 Å². The predicted molar refractivity (Wildman–Crippen MR) is 83.8 cm³/mol. The van der Waals surface area contributed by atoms with Crippen LogP contribution in [0.5, 0.6) is 0 Å². The van der Waals surface area contributed by atoms with E-state index < -0.39 is 10.0 Å². The Hall–Kier alpha value is -1.15. The molecule has 2 heterocycles. The molecule has 7 heteroatoms. The van der Waals surface area contributed by atoms with E-state index >= 15 is 0 Å². The Morgan fingerprint density at radius 3 is 2.76 bits per heavy atom. The van der Waals surface area contributed by atoms with Gasteiger partial charge in [0.25, 0.3) is 0 Å². The molecule has 0 spiro atoms. The Balaban J connectivity index is 2.11. The minimum atomic E-state index is -3.48. The Kier molecular flexibility index (Phi) is 5.21. The molecule has 2 aromatic heterocycles. The summed E-state index contributed by atoms with van der Waals surface area (Å²) >= 11 is 1.45. The second-order valence-electron chi connectivity index (χ2n) is 4.80. The summed E-state index contributed by atoms with van der Waals surface area (Å²) in [4.78, 5) is 1.35. The van der Waals surface area contributed by atoms with Gasteiger partial charge in [-0.2, -0.15) is 4.31 Å². The zero-order valence-electron chi connectivity index (χ0n) is 12.4. The van der Waals surface area contributed by atoms with E-state index in [0.717, 1.165) is 17.2 Å². The summed E-state index contributed by atoms with van der Waals surface area (Å²) < 4.78 is 31.7. The summed E-state index contributed by atoms with van der Waals surface area (Å²) in [5, 5.41) is 4.87. The van der Waals surface area contributed by atoms with E-state index in [4.69, 9.17) is 4.42 Å². The Labute approximate surface area is 129 Å². The maximum atomic E-state index is 12.5. The van der Waals surface area contributed by atoms with Crippen LogP contribution in [0, 0.1) is 6.92 Å². The lowest BCUT2D eigenvalue weighted by atomic mass is 10.4. The van der Waals surface area contributed by atoms with Gasteiger partial charge in [-0.3, -0.25) is 0 Å². The third kappa shape index (κ3) is 3.94. The van der Waals surface area contributed by atoms with Crippen LogP contribution in [0.15, 0.2) is 32.9 Å². The molecule has 0 bridgehead atoms. The molecule has 0 radical (unpaired) electrons. The van der Waals surface area contributed by atoms with Crippen LogP contribution in [-0.4, -0.2) is 26.3 Å². The Morgan fingerprint density at radius 1 is 1.38 bits per heavy atom. The first-order valence-electron chi connectivity index (χ1n) is 6.73. The average Bonchev–Trinajstić information content (AvgIpc) is 3.06. The van der Waals surface area contributed by atoms with Crippen molar-refractivity contribution in [2.75, 3.05) is 13.6 Å². The molecule has 2 aromatic rings. The van der Waals surface area contributed by atoms with Gasteiger partial charge in [-0.1, -0.05) is 6.92 Å². The highest BCUT2D eigenvalue weighted by atomic mass is 32.2. The molecular formula is C14H20N2O3S2. The van der Waals surface area contributed by atoms with Crippen LogP contribution >= 0.6 is 11.3 Å². The van der Waals surface area contributed by atoms with Gasteiger partial charge in [0, 0.05) is 23.8 Å². The zero-order chi connectivity index (χ0) is 15.5. The predicted octanol–water partition coefficient (Wildman–Crippen LogP) is 2.58.